The van der Waals surface area contributed by atoms with Crippen LogP contribution in [0.5, 0.6) is 5.75 Å². The third-order valence-electron chi connectivity index (χ3n) is 7.03. The van der Waals surface area contributed by atoms with E-state index in [2.05, 4.69) is 14.8 Å². The number of nitrogens with zero attached hydrogens (tertiary/aromatic N) is 3. The van der Waals surface area contributed by atoms with Crippen molar-refractivity contribution >= 4 is 27.5 Å². The molecule has 2 aliphatic rings. The Morgan fingerprint density at radius 2 is 1.79 bits per heavy atom. The Balaban J connectivity index is 1.23. The molecule has 0 saturated carbocycles. The van der Waals surface area contributed by atoms with Crippen LogP contribution < -0.4 is 10.3 Å². The topological polar surface area (TPSA) is 78.5 Å². The number of thiophene rings is 1. The van der Waals surface area contributed by atoms with Crippen molar-refractivity contribution in [1.29, 1.82) is 0 Å². The second-order valence-electron chi connectivity index (χ2n) is 9.36. The average molecular weight is 481 g/mol. The normalized spacial score (nSPS) is 18.2. The Kier molecular flexibility index (Phi) is 6.97. The summed E-state index contributed by atoms with van der Waals surface area (Å²) in [5, 5.41) is 0. The van der Waals surface area contributed by atoms with Gasteiger partial charge in [0.15, 0.2) is 0 Å². The second-order valence-corrected chi connectivity index (χ2v) is 10.4. The maximum absolute atomic E-state index is 13.0. The van der Waals surface area contributed by atoms with Gasteiger partial charge in [-0.2, -0.15) is 0 Å². The molecule has 180 valence electrons. The lowest BCUT2D eigenvalue weighted by atomic mass is 9.95. The molecule has 2 fully saturated rings. The van der Waals surface area contributed by atoms with Gasteiger partial charge in [0, 0.05) is 23.9 Å². The first-order valence-electron chi connectivity index (χ1n) is 12.3. The Morgan fingerprint density at radius 1 is 1.09 bits per heavy atom. The summed E-state index contributed by atoms with van der Waals surface area (Å²) < 4.78 is 5.89. The van der Waals surface area contributed by atoms with Gasteiger partial charge < -0.3 is 14.6 Å². The number of carbonyl (C=O) groups excluding carboxylic acids is 1. The first kappa shape index (κ1) is 23.1. The van der Waals surface area contributed by atoms with Crippen LogP contribution in [-0.2, 0) is 11.3 Å². The number of hydrogen-bond donors (Lipinski definition) is 1. The monoisotopic (exact) mass is 480 g/mol. The number of aromatic amines is 1. The van der Waals surface area contributed by atoms with Crippen molar-refractivity contribution in [1.82, 2.24) is 19.8 Å². The highest BCUT2D eigenvalue weighted by atomic mass is 32.1. The third-order valence-corrected chi connectivity index (χ3v) is 8.21. The lowest BCUT2D eigenvalue weighted by molar-refractivity contribution is -0.137. The largest absolute Gasteiger partial charge is 0.497 e. The Bertz CT molecular complexity index is 1190. The van der Waals surface area contributed by atoms with Crippen LogP contribution in [-0.4, -0.2) is 59.0 Å². The lowest BCUT2D eigenvalue weighted by Gasteiger charge is -2.33. The van der Waals surface area contributed by atoms with Crippen molar-refractivity contribution < 1.29 is 9.53 Å². The van der Waals surface area contributed by atoms with E-state index in [9.17, 15) is 9.59 Å². The summed E-state index contributed by atoms with van der Waals surface area (Å²) in [7, 11) is 1.65. The van der Waals surface area contributed by atoms with E-state index < -0.39 is 0 Å². The van der Waals surface area contributed by atoms with Gasteiger partial charge in [-0.25, -0.2) is 4.98 Å². The number of piperidine rings is 1. The van der Waals surface area contributed by atoms with Gasteiger partial charge in [0.2, 0.25) is 5.91 Å². The molecule has 1 amide bonds. The molecule has 3 aromatic rings. The number of methoxy groups -OCH3 is 1. The number of ether oxygens (including phenoxy) is 1. The third kappa shape index (κ3) is 5.03. The number of rotatable bonds is 5. The molecular weight excluding hydrogens is 448 g/mol. The minimum Gasteiger partial charge on any atom is -0.497 e. The zero-order valence-electron chi connectivity index (χ0n) is 19.7. The molecule has 2 aromatic heterocycles. The van der Waals surface area contributed by atoms with Gasteiger partial charge in [0.1, 0.15) is 16.3 Å². The molecule has 4 heterocycles. The van der Waals surface area contributed by atoms with E-state index in [1.807, 2.05) is 30.3 Å². The van der Waals surface area contributed by atoms with E-state index in [0.29, 0.717) is 23.0 Å². The molecule has 0 spiro atoms. The van der Waals surface area contributed by atoms with Crippen LogP contribution in [0.15, 0.2) is 35.1 Å². The van der Waals surface area contributed by atoms with Crippen LogP contribution in [0.25, 0.3) is 20.7 Å². The van der Waals surface area contributed by atoms with Crippen molar-refractivity contribution in [2.24, 2.45) is 5.92 Å². The van der Waals surface area contributed by atoms with Gasteiger partial charge in [-0.3, -0.25) is 14.5 Å². The van der Waals surface area contributed by atoms with E-state index in [-0.39, 0.29) is 11.5 Å². The Morgan fingerprint density at radius 3 is 2.47 bits per heavy atom. The van der Waals surface area contributed by atoms with Crippen LogP contribution in [0.4, 0.5) is 0 Å². The molecule has 7 nitrogen and oxygen atoms in total. The van der Waals surface area contributed by atoms with Gasteiger partial charge in [0.05, 0.1) is 19.2 Å². The number of carbonyl (C=O) groups is 1. The number of nitrogens with one attached hydrogen (secondary N) is 1. The summed E-state index contributed by atoms with van der Waals surface area (Å²) in [5.41, 5.74) is 1.69. The molecule has 1 aromatic carbocycles. The highest BCUT2D eigenvalue weighted by Crippen LogP contribution is 2.32. The van der Waals surface area contributed by atoms with Crippen LogP contribution in [0.1, 0.15) is 44.3 Å². The molecule has 0 radical (unpaired) electrons. The van der Waals surface area contributed by atoms with Crippen molar-refractivity contribution in [2.45, 2.75) is 45.1 Å². The van der Waals surface area contributed by atoms with Crippen LogP contribution in [0, 0.1) is 5.92 Å². The molecule has 0 atom stereocenters. The number of H-pyrrole nitrogens is 1. The molecule has 1 N–H and O–H groups in total. The fraction of sp³-hybridized carbons (Fsp3) is 0.500. The summed E-state index contributed by atoms with van der Waals surface area (Å²) in [4.78, 5) is 38.9. The summed E-state index contributed by atoms with van der Waals surface area (Å²) in [5.74, 6) is 1.97. The van der Waals surface area contributed by atoms with Crippen LogP contribution >= 0.6 is 11.3 Å². The van der Waals surface area contributed by atoms with Crippen molar-refractivity contribution in [3.8, 4) is 16.2 Å². The number of hydrogen-bond acceptors (Lipinski definition) is 6. The quantitative estimate of drug-likeness (QED) is 0.590. The lowest BCUT2D eigenvalue weighted by Crippen LogP contribution is -2.43. The highest BCUT2D eigenvalue weighted by Gasteiger charge is 2.29. The second kappa shape index (κ2) is 10.3. The maximum atomic E-state index is 13.0. The molecule has 0 bridgehead atoms. The highest BCUT2D eigenvalue weighted by molar-refractivity contribution is 7.22. The number of likely N-dealkylation sites (tertiary alicyclic amines) is 2. The standard InChI is InChI=1S/C26H32N4O3S/c1-33-20-8-6-18(7-9-20)22-16-21-24(34-22)25(31)28-23(27-21)17-29-14-10-19(11-15-29)26(32)30-12-4-2-3-5-13-30/h6-9,16,19H,2-5,10-15,17H2,1H3,(H,27,28,31). The van der Waals surface area contributed by atoms with E-state index in [0.717, 1.165) is 73.6 Å². The number of fused-ring (bicyclic) bond motifs is 1. The van der Waals surface area contributed by atoms with Crippen LogP contribution in [0.3, 0.4) is 0 Å². The molecule has 34 heavy (non-hydrogen) atoms. The number of benzene rings is 1. The predicted molar refractivity (Wildman–Crippen MR) is 135 cm³/mol. The Hall–Kier alpha value is -2.71. The molecular formula is C26H32N4O3S. The predicted octanol–water partition coefficient (Wildman–Crippen LogP) is 4.27. The first-order valence-corrected chi connectivity index (χ1v) is 13.1. The summed E-state index contributed by atoms with van der Waals surface area (Å²) in [6.07, 6.45) is 6.50. The van der Waals surface area contributed by atoms with Crippen molar-refractivity contribution in [3.63, 3.8) is 0 Å². The fourth-order valence-electron chi connectivity index (χ4n) is 5.06. The van der Waals surface area contributed by atoms with E-state index in [1.54, 1.807) is 7.11 Å². The molecule has 2 saturated heterocycles. The maximum Gasteiger partial charge on any atom is 0.268 e. The SMILES string of the molecule is COc1ccc(-c2cc3nc(CN4CCC(C(=O)N5CCCCCC5)CC4)[nH]c(=O)c3s2)cc1. The minimum absolute atomic E-state index is 0.0870. The molecule has 0 aliphatic carbocycles. The smallest absolute Gasteiger partial charge is 0.268 e. The number of aromatic nitrogens is 2. The van der Waals surface area contributed by atoms with Gasteiger partial charge >= 0.3 is 0 Å². The van der Waals surface area contributed by atoms with Gasteiger partial charge in [-0.15, -0.1) is 11.3 Å². The van der Waals surface area contributed by atoms with Crippen molar-refractivity contribution in [2.75, 3.05) is 33.3 Å². The molecule has 0 unspecified atom stereocenters. The minimum atomic E-state index is -0.0870. The zero-order chi connectivity index (χ0) is 23.5. The Labute approximate surface area is 203 Å². The molecule has 2 aliphatic heterocycles. The molecule has 5 rings (SSSR count). The van der Waals surface area contributed by atoms with Gasteiger partial charge in [-0.1, -0.05) is 12.8 Å². The van der Waals surface area contributed by atoms with Gasteiger partial charge in [0.25, 0.3) is 5.56 Å². The summed E-state index contributed by atoms with van der Waals surface area (Å²) in [6.45, 7) is 4.15. The average Bonchev–Trinajstić information content (AvgIpc) is 3.11. The van der Waals surface area contributed by atoms with Gasteiger partial charge in [-0.05, 0) is 74.7 Å². The van der Waals surface area contributed by atoms with Crippen molar-refractivity contribution in [3.05, 3.63) is 46.5 Å². The van der Waals surface area contributed by atoms with E-state index in [4.69, 9.17) is 9.72 Å². The summed E-state index contributed by atoms with van der Waals surface area (Å²) in [6, 6.07) is 9.83. The van der Waals surface area contributed by atoms with E-state index >= 15 is 0 Å². The summed E-state index contributed by atoms with van der Waals surface area (Å²) >= 11 is 1.46. The fourth-order valence-corrected chi connectivity index (χ4v) is 6.06. The van der Waals surface area contributed by atoms with E-state index in [1.165, 1.54) is 24.2 Å². The zero-order valence-corrected chi connectivity index (χ0v) is 20.5. The molecule has 8 heteroatoms. The number of amides is 1. The van der Waals surface area contributed by atoms with Crippen LogP contribution in [0.2, 0.25) is 0 Å². The first-order chi connectivity index (χ1) is 16.6.